The Morgan fingerprint density at radius 2 is 1.59 bits per heavy atom. The van der Waals surface area contributed by atoms with Crippen molar-refractivity contribution in [1.82, 2.24) is 0 Å². The molecule has 0 aliphatic carbocycles. The van der Waals surface area contributed by atoms with Crippen LogP contribution in [0.3, 0.4) is 0 Å². The summed E-state index contributed by atoms with van der Waals surface area (Å²) < 4.78 is 0. The van der Waals surface area contributed by atoms with Gasteiger partial charge in [0.15, 0.2) is 0 Å². The van der Waals surface area contributed by atoms with E-state index >= 15 is 0 Å². The molecule has 0 N–H and O–H groups in total. The fourth-order valence-electron chi connectivity index (χ4n) is 1.73. The molecule has 1 heteroatoms. The lowest BCUT2D eigenvalue weighted by molar-refractivity contribution is 0.973. The molecule has 0 fully saturated rings. The molecular weight excluding hydrogens is 228 g/mol. The summed E-state index contributed by atoms with van der Waals surface area (Å²) in [5.41, 5.74) is 2.38. The van der Waals surface area contributed by atoms with Crippen molar-refractivity contribution >= 4 is 17.7 Å². The molecule has 1 atom stereocenters. The first-order valence-electron chi connectivity index (χ1n) is 5.75. The summed E-state index contributed by atoms with van der Waals surface area (Å²) in [6.45, 7) is 2.18. The van der Waals surface area contributed by atoms with Crippen molar-refractivity contribution in [1.29, 1.82) is 0 Å². The first-order chi connectivity index (χ1) is 8.27. The molecule has 0 saturated heterocycles. The lowest BCUT2D eigenvalue weighted by Gasteiger charge is -2.06. The smallest absolute Gasteiger partial charge is 0.0478 e. The van der Waals surface area contributed by atoms with Gasteiger partial charge in [-0.15, -0.1) is 0 Å². The van der Waals surface area contributed by atoms with Crippen LogP contribution < -0.4 is 0 Å². The average Bonchev–Trinajstić information content (AvgIpc) is 2.38. The van der Waals surface area contributed by atoms with Crippen molar-refractivity contribution < 1.29 is 0 Å². The van der Waals surface area contributed by atoms with Crippen LogP contribution in [0.5, 0.6) is 0 Å². The highest BCUT2D eigenvalue weighted by Gasteiger charge is 2.00. The predicted octanol–water partition coefficient (Wildman–Crippen LogP) is 5.16. The van der Waals surface area contributed by atoms with Crippen molar-refractivity contribution in [2.75, 3.05) is 0 Å². The van der Waals surface area contributed by atoms with E-state index in [1.165, 1.54) is 5.56 Å². The Morgan fingerprint density at radius 3 is 2.29 bits per heavy atom. The predicted molar refractivity (Wildman–Crippen MR) is 75.3 cm³/mol. The highest BCUT2D eigenvalue weighted by Crippen LogP contribution is 2.21. The molecule has 17 heavy (non-hydrogen) atoms. The lowest BCUT2D eigenvalue weighted by atomic mass is 10.00. The zero-order valence-corrected chi connectivity index (χ0v) is 10.6. The Kier molecular flexibility index (Phi) is 4.00. The molecule has 0 amide bonds. The minimum atomic E-state index is 0.396. The Morgan fingerprint density at radius 1 is 0.941 bits per heavy atom. The summed E-state index contributed by atoms with van der Waals surface area (Å²) in [7, 11) is 0. The minimum Gasteiger partial charge on any atom is -0.0837 e. The quantitative estimate of drug-likeness (QED) is 0.698. The molecule has 0 bridgehead atoms. The summed E-state index contributed by atoms with van der Waals surface area (Å²) in [4.78, 5) is 0. The topological polar surface area (TPSA) is 0 Å². The van der Waals surface area contributed by atoms with Gasteiger partial charge >= 0.3 is 0 Å². The zero-order valence-electron chi connectivity index (χ0n) is 9.81. The first-order valence-corrected chi connectivity index (χ1v) is 6.13. The van der Waals surface area contributed by atoms with Crippen LogP contribution in [-0.2, 0) is 0 Å². The molecule has 2 aromatic rings. The lowest BCUT2D eigenvalue weighted by Crippen LogP contribution is -1.87. The Hall–Kier alpha value is -1.53. The second-order valence-electron chi connectivity index (χ2n) is 4.08. The number of hydrogen-bond acceptors (Lipinski definition) is 0. The van der Waals surface area contributed by atoms with Gasteiger partial charge in [-0.1, -0.05) is 79.2 Å². The number of allylic oxidation sites excluding steroid dienone is 1. The third-order valence-corrected chi connectivity index (χ3v) is 3.14. The van der Waals surface area contributed by atoms with Gasteiger partial charge in [-0.2, -0.15) is 0 Å². The molecule has 0 aliphatic rings. The summed E-state index contributed by atoms with van der Waals surface area (Å²) in [6.07, 6.45) is 4.26. The van der Waals surface area contributed by atoms with Crippen LogP contribution in [0.4, 0.5) is 0 Å². The van der Waals surface area contributed by atoms with Crippen LogP contribution in [0.25, 0.3) is 6.08 Å². The van der Waals surface area contributed by atoms with Crippen LogP contribution in [0.1, 0.15) is 24.0 Å². The summed E-state index contributed by atoms with van der Waals surface area (Å²) in [5.74, 6) is 0.396. The van der Waals surface area contributed by atoms with E-state index in [1.807, 2.05) is 30.3 Å². The van der Waals surface area contributed by atoms with Crippen LogP contribution in [0.15, 0.2) is 60.7 Å². The van der Waals surface area contributed by atoms with Crippen molar-refractivity contribution in [3.05, 3.63) is 76.8 Å². The number of rotatable bonds is 3. The monoisotopic (exact) mass is 242 g/mol. The second-order valence-corrected chi connectivity index (χ2v) is 4.49. The molecular formula is C16H15Cl. The van der Waals surface area contributed by atoms with Crippen LogP contribution in [0, 0.1) is 0 Å². The fourth-order valence-corrected chi connectivity index (χ4v) is 1.92. The standard InChI is InChI=1S/C16H15Cl/c1-13(14-7-3-2-4-8-14)11-12-15-9-5-6-10-16(15)17/h2-13H,1H3. The van der Waals surface area contributed by atoms with Gasteiger partial charge in [0.05, 0.1) is 0 Å². The van der Waals surface area contributed by atoms with Gasteiger partial charge in [0, 0.05) is 5.02 Å². The third-order valence-electron chi connectivity index (χ3n) is 2.80. The van der Waals surface area contributed by atoms with Gasteiger partial charge in [-0.3, -0.25) is 0 Å². The van der Waals surface area contributed by atoms with Crippen molar-refractivity contribution in [3.8, 4) is 0 Å². The van der Waals surface area contributed by atoms with Crippen molar-refractivity contribution in [2.24, 2.45) is 0 Å². The molecule has 0 aromatic heterocycles. The van der Waals surface area contributed by atoms with Gasteiger partial charge < -0.3 is 0 Å². The molecule has 0 heterocycles. The van der Waals surface area contributed by atoms with Gasteiger partial charge in [0.25, 0.3) is 0 Å². The van der Waals surface area contributed by atoms with E-state index in [1.54, 1.807) is 0 Å². The van der Waals surface area contributed by atoms with E-state index in [0.717, 1.165) is 10.6 Å². The number of hydrogen-bond donors (Lipinski definition) is 0. The Balaban J connectivity index is 2.14. The van der Waals surface area contributed by atoms with Crippen LogP contribution in [-0.4, -0.2) is 0 Å². The zero-order chi connectivity index (χ0) is 12.1. The third kappa shape index (κ3) is 3.21. The van der Waals surface area contributed by atoms with Gasteiger partial charge in [0.2, 0.25) is 0 Å². The molecule has 0 nitrogen and oxygen atoms in total. The average molecular weight is 243 g/mol. The van der Waals surface area contributed by atoms with E-state index in [9.17, 15) is 0 Å². The maximum atomic E-state index is 6.10. The summed E-state index contributed by atoms with van der Waals surface area (Å²) >= 11 is 6.10. The molecule has 2 rings (SSSR count). The van der Waals surface area contributed by atoms with E-state index in [4.69, 9.17) is 11.6 Å². The largest absolute Gasteiger partial charge is 0.0837 e. The first kappa shape index (κ1) is 11.9. The Bertz CT molecular complexity index is 500. The molecule has 86 valence electrons. The molecule has 2 aromatic carbocycles. The molecule has 1 unspecified atom stereocenters. The van der Waals surface area contributed by atoms with Gasteiger partial charge in [-0.05, 0) is 23.1 Å². The highest BCUT2D eigenvalue weighted by atomic mass is 35.5. The maximum Gasteiger partial charge on any atom is 0.0478 e. The summed E-state index contributed by atoms with van der Waals surface area (Å²) in [6, 6.07) is 18.3. The molecule has 0 aliphatic heterocycles. The van der Waals surface area contributed by atoms with E-state index in [-0.39, 0.29) is 0 Å². The molecule has 0 spiro atoms. The normalized spacial score (nSPS) is 12.8. The van der Waals surface area contributed by atoms with Crippen LogP contribution >= 0.6 is 11.6 Å². The fraction of sp³-hybridized carbons (Fsp3) is 0.125. The van der Waals surface area contributed by atoms with Crippen LogP contribution in [0.2, 0.25) is 5.02 Å². The number of benzene rings is 2. The van der Waals surface area contributed by atoms with Crippen molar-refractivity contribution in [3.63, 3.8) is 0 Å². The van der Waals surface area contributed by atoms with Gasteiger partial charge in [0.1, 0.15) is 0 Å². The molecule has 0 radical (unpaired) electrons. The maximum absolute atomic E-state index is 6.10. The SMILES string of the molecule is CC(C=Cc1ccccc1Cl)c1ccccc1. The second kappa shape index (κ2) is 5.70. The van der Waals surface area contributed by atoms with Crippen molar-refractivity contribution in [2.45, 2.75) is 12.8 Å². The van der Waals surface area contributed by atoms with E-state index in [0.29, 0.717) is 5.92 Å². The van der Waals surface area contributed by atoms with Gasteiger partial charge in [-0.25, -0.2) is 0 Å². The molecule has 0 saturated carbocycles. The minimum absolute atomic E-state index is 0.396. The van der Waals surface area contributed by atoms with E-state index < -0.39 is 0 Å². The highest BCUT2D eigenvalue weighted by molar-refractivity contribution is 6.32. The number of halogens is 1. The summed E-state index contributed by atoms with van der Waals surface area (Å²) in [5, 5.41) is 0.795. The van der Waals surface area contributed by atoms with E-state index in [2.05, 4.69) is 43.3 Å². The Labute approximate surface area is 108 Å².